The van der Waals surface area contributed by atoms with Crippen molar-refractivity contribution in [2.75, 3.05) is 6.54 Å². The van der Waals surface area contributed by atoms with Crippen LogP contribution in [0.25, 0.3) is 0 Å². The largest absolute Gasteiger partial charge is 0.480 e. The smallest absolute Gasteiger partial charge is 0.415 e. The van der Waals surface area contributed by atoms with Crippen LogP contribution >= 0.6 is 0 Å². The van der Waals surface area contributed by atoms with Crippen LogP contribution in [0.3, 0.4) is 0 Å². The number of nitrogens with two attached hydrogens (primary N) is 1. The normalized spacial score (nSPS) is 15.8. The zero-order chi connectivity index (χ0) is 11.6. The fourth-order valence-electron chi connectivity index (χ4n) is 0.468. The minimum absolute atomic E-state index is 0.462. The highest BCUT2D eigenvalue weighted by atomic mass is 19.4. The fourth-order valence-corrected chi connectivity index (χ4v) is 0.468. The third-order valence-electron chi connectivity index (χ3n) is 1.46. The van der Waals surface area contributed by atoms with Gasteiger partial charge in [-0.25, -0.2) is 0 Å². The van der Waals surface area contributed by atoms with Crippen molar-refractivity contribution < 1.29 is 27.9 Å². The molecule has 4 N–H and O–H groups in total. The Morgan fingerprint density at radius 1 is 1.43 bits per heavy atom. The summed E-state index contributed by atoms with van der Waals surface area (Å²) in [6.45, 7) is -0.439. The van der Waals surface area contributed by atoms with E-state index in [0.29, 0.717) is 6.92 Å². The van der Waals surface area contributed by atoms with Crippen molar-refractivity contribution in [2.24, 2.45) is 5.73 Å². The number of hydrogen-bond acceptors (Lipinski definition) is 3. The van der Waals surface area contributed by atoms with Crippen LogP contribution in [0.2, 0.25) is 0 Å². The number of carbonyl (C=O) groups is 2. The van der Waals surface area contributed by atoms with Crippen molar-refractivity contribution >= 4 is 11.9 Å². The van der Waals surface area contributed by atoms with E-state index < -0.39 is 30.1 Å². The molecule has 0 aromatic heterocycles. The molecule has 0 saturated carbocycles. The predicted molar refractivity (Wildman–Crippen MR) is 39.3 cm³/mol. The lowest BCUT2D eigenvalue weighted by atomic mass is 10.0. The second-order valence-electron chi connectivity index (χ2n) is 2.78. The van der Waals surface area contributed by atoms with E-state index in [0.717, 1.165) is 0 Å². The number of rotatable bonds is 3. The third-order valence-corrected chi connectivity index (χ3v) is 1.46. The first kappa shape index (κ1) is 12.7. The number of hydrogen-bond donors (Lipinski definition) is 3. The average molecular weight is 214 g/mol. The molecule has 0 rings (SSSR count). The van der Waals surface area contributed by atoms with E-state index in [-0.39, 0.29) is 0 Å². The maximum absolute atomic E-state index is 12.1. The molecule has 0 radical (unpaired) electrons. The van der Waals surface area contributed by atoms with Gasteiger partial charge in [0.2, 0.25) is 5.91 Å². The number of aliphatic carboxylic acids is 1. The van der Waals surface area contributed by atoms with E-state index in [2.05, 4.69) is 0 Å². The molecule has 1 unspecified atom stereocenters. The number of carboxylic acids is 1. The molecule has 1 amide bonds. The predicted octanol–water partition coefficient (Wildman–Crippen LogP) is -0.533. The number of alkyl halides is 3. The summed E-state index contributed by atoms with van der Waals surface area (Å²) in [6, 6.07) is 0. The molecule has 0 aliphatic rings. The van der Waals surface area contributed by atoms with Crippen LogP contribution in [0, 0.1) is 0 Å². The van der Waals surface area contributed by atoms with Gasteiger partial charge in [0.05, 0.1) is 0 Å². The summed E-state index contributed by atoms with van der Waals surface area (Å²) in [5.41, 5.74) is 1.61. The zero-order valence-electron chi connectivity index (χ0n) is 7.18. The van der Waals surface area contributed by atoms with Gasteiger partial charge >= 0.3 is 12.1 Å². The van der Waals surface area contributed by atoms with Gasteiger partial charge in [-0.1, -0.05) is 0 Å². The summed E-state index contributed by atoms with van der Waals surface area (Å²) in [5.74, 6) is -3.02. The van der Waals surface area contributed by atoms with Crippen LogP contribution in [-0.2, 0) is 9.59 Å². The monoisotopic (exact) mass is 214 g/mol. The van der Waals surface area contributed by atoms with Gasteiger partial charge in [0.1, 0.15) is 6.54 Å². The first-order valence-electron chi connectivity index (χ1n) is 3.44. The van der Waals surface area contributed by atoms with Crippen LogP contribution in [0.5, 0.6) is 0 Å². The lowest BCUT2D eigenvalue weighted by Crippen LogP contribution is -2.61. The maximum Gasteiger partial charge on any atom is 0.415 e. The highest BCUT2D eigenvalue weighted by Crippen LogP contribution is 2.27. The lowest BCUT2D eigenvalue weighted by molar-refractivity contribution is -0.187. The second-order valence-corrected chi connectivity index (χ2v) is 2.78. The molecule has 8 heteroatoms. The first-order valence-corrected chi connectivity index (χ1v) is 3.44. The molecule has 0 bridgehead atoms. The van der Waals surface area contributed by atoms with Crippen molar-refractivity contribution in [3.05, 3.63) is 0 Å². The highest BCUT2D eigenvalue weighted by molar-refractivity contribution is 5.89. The molecule has 0 fully saturated rings. The molecule has 82 valence electrons. The minimum atomic E-state index is -4.92. The van der Waals surface area contributed by atoms with Gasteiger partial charge < -0.3 is 16.2 Å². The molecule has 0 spiro atoms. The standard InChI is InChI=1S/C6H9F3N2O3/c1-5(10,6(7,8)9)4(14)11-2-3(12)13/h2,10H2,1H3,(H,11,14)(H,12,13). The van der Waals surface area contributed by atoms with Crippen LogP contribution in [0.4, 0.5) is 13.2 Å². The van der Waals surface area contributed by atoms with E-state index in [9.17, 15) is 22.8 Å². The number of carbonyl (C=O) groups excluding carboxylic acids is 1. The SMILES string of the molecule is CC(N)(C(=O)NCC(=O)O)C(F)(F)F. The van der Waals surface area contributed by atoms with Crippen molar-refractivity contribution in [3.8, 4) is 0 Å². The quantitative estimate of drug-likeness (QED) is 0.588. The molecular formula is C6H9F3N2O3. The number of amides is 1. The van der Waals surface area contributed by atoms with E-state index in [1.165, 1.54) is 0 Å². The Balaban J connectivity index is 4.45. The Hall–Kier alpha value is -1.31. The Kier molecular flexibility index (Phi) is 3.47. The van der Waals surface area contributed by atoms with E-state index in [4.69, 9.17) is 10.8 Å². The molecule has 0 heterocycles. The molecule has 0 saturated heterocycles. The van der Waals surface area contributed by atoms with Crippen LogP contribution < -0.4 is 11.1 Å². The molecule has 0 aliphatic heterocycles. The van der Waals surface area contributed by atoms with Crippen molar-refractivity contribution in [1.82, 2.24) is 5.32 Å². The fraction of sp³-hybridized carbons (Fsp3) is 0.667. The number of carboxylic acid groups (broad SMARTS) is 1. The van der Waals surface area contributed by atoms with Crippen LogP contribution in [0.1, 0.15) is 6.92 Å². The minimum Gasteiger partial charge on any atom is -0.480 e. The Labute approximate surface area is 77.1 Å². The molecule has 5 nitrogen and oxygen atoms in total. The Morgan fingerprint density at radius 3 is 2.14 bits per heavy atom. The summed E-state index contributed by atoms with van der Waals surface area (Å²) in [6.07, 6.45) is -4.92. The molecule has 1 atom stereocenters. The van der Waals surface area contributed by atoms with Crippen molar-refractivity contribution in [1.29, 1.82) is 0 Å². The van der Waals surface area contributed by atoms with Gasteiger partial charge in [0, 0.05) is 0 Å². The first-order chi connectivity index (χ1) is 6.09. The molecule has 14 heavy (non-hydrogen) atoms. The molecule has 0 aromatic carbocycles. The van der Waals surface area contributed by atoms with Gasteiger partial charge in [-0.15, -0.1) is 0 Å². The Morgan fingerprint density at radius 2 is 1.86 bits per heavy atom. The molecule has 0 aliphatic carbocycles. The van der Waals surface area contributed by atoms with E-state index in [1.807, 2.05) is 0 Å². The second kappa shape index (κ2) is 3.82. The van der Waals surface area contributed by atoms with Crippen LogP contribution in [-0.4, -0.2) is 35.2 Å². The van der Waals surface area contributed by atoms with Crippen molar-refractivity contribution in [3.63, 3.8) is 0 Å². The van der Waals surface area contributed by atoms with Gasteiger partial charge in [0.15, 0.2) is 5.54 Å². The maximum atomic E-state index is 12.1. The summed E-state index contributed by atoms with van der Waals surface area (Å²) >= 11 is 0. The molecule has 0 aromatic rings. The van der Waals surface area contributed by atoms with Crippen molar-refractivity contribution in [2.45, 2.75) is 18.6 Å². The average Bonchev–Trinajstić information content (AvgIpc) is 1.97. The van der Waals surface area contributed by atoms with Gasteiger partial charge in [-0.05, 0) is 6.92 Å². The van der Waals surface area contributed by atoms with Gasteiger partial charge in [-0.3, -0.25) is 9.59 Å². The highest BCUT2D eigenvalue weighted by Gasteiger charge is 2.53. The number of halogens is 3. The van der Waals surface area contributed by atoms with Crippen LogP contribution in [0.15, 0.2) is 0 Å². The third kappa shape index (κ3) is 2.87. The summed E-state index contributed by atoms with van der Waals surface area (Å²) < 4.78 is 36.2. The summed E-state index contributed by atoms with van der Waals surface area (Å²) in [4.78, 5) is 20.7. The van der Waals surface area contributed by atoms with E-state index in [1.54, 1.807) is 5.32 Å². The van der Waals surface area contributed by atoms with Gasteiger partial charge in [-0.2, -0.15) is 13.2 Å². The van der Waals surface area contributed by atoms with E-state index >= 15 is 0 Å². The summed E-state index contributed by atoms with van der Waals surface area (Å²) in [7, 11) is 0. The topological polar surface area (TPSA) is 92.4 Å². The zero-order valence-corrected chi connectivity index (χ0v) is 7.18. The lowest BCUT2D eigenvalue weighted by Gasteiger charge is -2.25. The Bertz CT molecular complexity index is 249. The molecular weight excluding hydrogens is 205 g/mol. The summed E-state index contributed by atoms with van der Waals surface area (Å²) in [5, 5.41) is 9.64. The van der Waals surface area contributed by atoms with Gasteiger partial charge in [0.25, 0.3) is 0 Å². The number of nitrogens with one attached hydrogen (secondary N) is 1.